The van der Waals surface area contributed by atoms with Gasteiger partial charge in [-0.15, -0.1) is 0 Å². The number of ketones is 1. The van der Waals surface area contributed by atoms with Gasteiger partial charge in [0.25, 0.3) is 0 Å². The fourth-order valence-corrected chi connectivity index (χ4v) is 8.48. The zero-order valence-corrected chi connectivity index (χ0v) is 33.3. The number of hydrogen-bond acceptors (Lipinski definition) is 14. The lowest BCUT2D eigenvalue weighted by Crippen LogP contribution is -2.60. The van der Waals surface area contributed by atoms with E-state index in [1.54, 1.807) is 27.2 Å². The summed E-state index contributed by atoms with van der Waals surface area (Å²) in [5.74, 6) is -3.20. The number of benzene rings is 1. The fraction of sp³-hybridized carbons (Fsp3) is 0.718. The van der Waals surface area contributed by atoms with Gasteiger partial charge in [0.2, 0.25) is 0 Å². The Morgan fingerprint density at radius 1 is 1.13 bits per heavy atom. The predicted octanol–water partition coefficient (Wildman–Crippen LogP) is 3.29. The number of aliphatic hydroxyl groups is 1. The van der Waals surface area contributed by atoms with Crippen LogP contribution in [0.1, 0.15) is 67.7 Å². The highest BCUT2D eigenvalue weighted by molar-refractivity contribution is 6.00. The molecule has 1 aromatic carbocycles. The Morgan fingerprint density at radius 3 is 2.56 bits per heavy atom. The van der Waals surface area contributed by atoms with Crippen LogP contribution in [0.15, 0.2) is 30.7 Å². The second-order valence-corrected chi connectivity index (χ2v) is 16.1. The second kappa shape index (κ2) is 17.1. The topological polar surface area (TPSA) is 183 Å². The second-order valence-electron chi connectivity index (χ2n) is 16.1. The van der Waals surface area contributed by atoms with Gasteiger partial charge in [0, 0.05) is 48.9 Å². The van der Waals surface area contributed by atoms with Gasteiger partial charge in [-0.05, 0) is 91.7 Å². The van der Waals surface area contributed by atoms with Crippen molar-refractivity contribution in [3.05, 3.63) is 30.7 Å². The van der Waals surface area contributed by atoms with Gasteiger partial charge in [-0.2, -0.15) is 0 Å². The number of carbonyl (C=O) groups is 3. The smallest absolute Gasteiger partial charge is 0.408 e. The molecule has 300 valence electrons. The molecule has 5 rings (SSSR count). The summed E-state index contributed by atoms with van der Waals surface area (Å²) in [7, 11) is 5.38. The molecule has 1 aromatic heterocycles. The van der Waals surface area contributed by atoms with Crippen LogP contribution in [0.4, 0.5) is 10.5 Å². The summed E-state index contributed by atoms with van der Waals surface area (Å²) in [5, 5.41) is 22.5. The molecule has 4 heterocycles. The van der Waals surface area contributed by atoms with Gasteiger partial charge in [0.15, 0.2) is 17.7 Å². The molecule has 13 atom stereocenters. The third-order valence-electron chi connectivity index (χ3n) is 11.8. The van der Waals surface area contributed by atoms with Crippen molar-refractivity contribution in [2.75, 3.05) is 39.6 Å². The maximum absolute atomic E-state index is 14.3. The first-order valence-corrected chi connectivity index (χ1v) is 19.1. The minimum Gasteiger partial charge on any atom is -0.458 e. The van der Waals surface area contributed by atoms with E-state index < -0.39 is 71.5 Å². The normalized spacial score (nSPS) is 38.5. The number of nitrogens with one attached hydrogen (secondary N) is 3. The molecule has 0 radical (unpaired) electrons. The summed E-state index contributed by atoms with van der Waals surface area (Å²) in [6, 6.07) is 4.74. The molecule has 54 heavy (non-hydrogen) atoms. The van der Waals surface area contributed by atoms with Crippen LogP contribution < -0.4 is 16.0 Å². The number of esters is 1. The molecular formula is C39H60N6O9. The van der Waals surface area contributed by atoms with Crippen LogP contribution in [0, 0.1) is 17.8 Å². The first-order chi connectivity index (χ1) is 25.5. The Labute approximate surface area is 318 Å². The number of methoxy groups -OCH3 is 1. The maximum Gasteiger partial charge on any atom is 0.408 e. The van der Waals surface area contributed by atoms with Crippen molar-refractivity contribution in [1.82, 2.24) is 25.5 Å². The number of rotatable bonds is 8. The van der Waals surface area contributed by atoms with E-state index in [9.17, 15) is 19.5 Å². The minimum atomic E-state index is -1.18. The number of alkyl carbamates (subject to hydrolysis) is 1. The summed E-state index contributed by atoms with van der Waals surface area (Å²) in [6.07, 6.45) is -0.299. The molecule has 0 bridgehead atoms. The molecule has 15 heteroatoms. The lowest BCUT2D eigenvalue weighted by atomic mass is 9.78. The van der Waals surface area contributed by atoms with Crippen molar-refractivity contribution >= 4 is 34.4 Å². The maximum atomic E-state index is 14.3. The molecule has 3 aliphatic heterocycles. The molecular weight excluding hydrogens is 696 g/mol. The first kappa shape index (κ1) is 41.7. The van der Waals surface area contributed by atoms with E-state index in [1.807, 2.05) is 58.0 Å². The SMILES string of the molecule is CC[C@H]1OC(=O)C(C)C(=O)[C@H](C)[C@@H](O[C@@H]2OC(CNc3ccc4ncncc4c3)CC(N(C)C)C2O)[C@](C)(OC)C[C@@H](C)CN[C@H](C)[C@H]2NC(=O)O[C@@]21C. The lowest BCUT2D eigenvalue weighted by molar-refractivity contribution is -0.296. The van der Waals surface area contributed by atoms with Crippen molar-refractivity contribution in [2.24, 2.45) is 17.8 Å². The van der Waals surface area contributed by atoms with E-state index in [2.05, 4.69) is 32.8 Å². The van der Waals surface area contributed by atoms with Gasteiger partial charge in [-0.1, -0.05) is 20.8 Å². The molecule has 1 amide bonds. The van der Waals surface area contributed by atoms with Crippen LogP contribution in [-0.2, 0) is 33.3 Å². The van der Waals surface area contributed by atoms with E-state index in [4.69, 9.17) is 23.7 Å². The average Bonchev–Trinajstić information content (AvgIpc) is 3.47. The Hall–Kier alpha value is -3.47. The molecule has 15 nitrogen and oxygen atoms in total. The molecule has 3 aliphatic rings. The van der Waals surface area contributed by atoms with Crippen LogP contribution >= 0.6 is 0 Å². The average molecular weight is 757 g/mol. The van der Waals surface area contributed by atoms with Crippen molar-refractivity contribution in [3.8, 4) is 0 Å². The highest BCUT2D eigenvalue weighted by atomic mass is 16.7. The van der Waals surface area contributed by atoms with Gasteiger partial charge >= 0.3 is 12.1 Å². The number of hydrogen-bond donors (Lipinski definition) is 4. The van der Waals surface area contributed by atoms with Crippen LogP contribution in [-0.4, -0.2) is 132 Å². The van der Waals surface area contributed by atoms with Crippen LogP contribution in [0.2, 0.25) is 0 Å². The molecule has 4 N–H and O–H groups in total. The minimum absolute atomic E-state index is 0.00601. The zero-order valence-electron chi connectivity index (χ0n) is 33.3. The third kappa shape index (κ3) is 8.81. The van der Waals surface area contributed by atoms with Gasteiger partial charge in [-0.3, -0.25) is 9.59 Å². The highest BCUT2D eigenvalue weighted by Gasteiger charge is 2.55. The summed E-state index contributed by atoms with van der Waals surface area (Å²) >= 11 is 0. The summed E-state index contributed by atoms with van der Waals surface area (Å²) in [5.41, 5.74) is -0.537. The number of anilines is 1. The number of aliphatic hydroxyl groups excluding tert-OH is 1. The number of carbonyl (C=O) groups excluding carboxylic acids is 3. The van der Waals surface area contributed by atoms with Gasteiger partial charge in [0.05, 0.1) is 29.4 Å². The Morgan fingerprint density at radius 2 is 1.87 bits per heavy atom. The number of nitrogens with zero attached hydrogens (tertiary/aromatic N) is 3. The predicted molar refractivity (Wildman–Crippen MR) is 202 cm³/mol. The van der Waals surface area contributed by atoms with Gasteiger partial charge in [0.1, 0.15) is 24.5 Å². The highest BCUT2D eigenvalue weighted by Crippen LogP contribution is 2.38. The quantitative estimate of drug-likeness (QED) is 0.228. The van der Waals surface area contributed by atoms with Gasteiger partial charge < -0.3 is 49.6 Å². The summed E-state index contributed by atoms with van der Waals surface area (Å²) < 4.78 is 31.3. The number of Topliss-reactive ketones (excluding diaryl/α,β-unsaturated/α-hetero) is 1. The molecule has 2 aromatic rings. The lowest BCUT2D eigenvalue weighted by Gasteiger charge is -2.47. The summed E-state index contributed by atoms with van der Waals surface area (Å²) in [6.45, 7) is 13.7. The molecule has 0 spiro atoms. The molecule has 4 unspecified atom stereocenters. The Bertz CT molecular complexity index is 1630. The summed E-state index contributed by atoms with van der Waals surface area (Å²) in [4.78, 5) is 51.0. The van der Waals surface area contributed by atoms with E-state index >= 15 is 0 Å². The Kier molecular flexibility index (Phi) is 13.2. The Balaban J connectivity index is 1.43. The molecule has 0 saturated carbocycles. The first-order valence-electron chi connectivity index (χ1n) is 19.1. The fourth-order valence-electron chi connectivity index (χ4n) is 8.48. The molecule has 3 fully saturated rings. The van der Waals surface area contributed by atoms with Crippen molar-refractivity contribution in [1.29, 1.82) is 0 Å². The number of aromatic nitrogens is 2. The van der Waals surface area contributed by atoms with Crippen molar-refractivity contribution in [2.45, 2.75) is 128 Å². The van der Waals surface area contributed by atoms with E-state index in [-0.39, 0.29) is 24.1 Å². The molecule has 3 saturated heterocycles. The van der Waals surface area contributed by atoms with Crippen molar-refractivity contribution in [3.63, 3.8) is 0 Å². The number of likely N-dealkylation sites (N-methyl/N-ethyl adjacent to an activating group) is 1. The van der Waals surface area contributed by atoms with E-state index in [1.165, 1.54) is 13.3 Å². The largest absolute Gasteiger partial charge is 0.458 e. The molecule has 0 aliphatic carbocycles. The van der Waals surface area contributed by atoms with Crippen LogP contribution in [0.3, 0.4) is 0 Å². The zero-order chi connectivity index (χ0) is 39.5. The van der Waals surface area contributed by atoms with Crippen LogP contribution in [0.25, 0.3) is 10.9 Å². The van der Waals surface area contributed by atoms with Crippen molar-refractivity contribution < 1.29 is 43.2 Å². The van der Waals surface area contributed by atoms with E-state index in [0.717, 1.165) is 16.6 Å². The van der Waals surface area contributed by atoms with Gasteiger partial charge in [-0.25, -0.2) is 14.8 Å². The number of ether oxygens (including phenoxy) is 5. The standard InChI is InChI=1S/C39H60N6O9/c1-11-30-39(7)33(44-37(49)54-39)24(5)41-17-21(2)16-38(6,50-10)34(22(3)31(46)23(4)35(48)52-30)53-36-32(47)29(45(8)9)15-27(51-36)19-42-26-12-13-28-25(14-26)18-40-20-43-28/h12-14,18,20-24,27,29-30,32-34,36,41-42,47H,11,15-17,19H2,1-10H3,(H,44,49)/t21-,22+,23?,24-,27?,29?,30-,32?,33-,34-,36+,38-,39-/m1/s1. The number of amides is 1. The number of cyclic esters (lactones) is 1. The third-order valence-corrected chi connectivity index (χ3v) is 11.8. The van der Waals surface area contributed by atoms with E-state index in [0.29, 0.717) is 32.4 Å². The monoisotopic (exact) mass is 756 g/mol. The van der Waals surface area contributed by atoms with Crippen LogP contribution in [0.5, 0.6) is 0 Å². The number of fused-ring (bicyclic) bond motifs is 2.